The van der Waals surface area contributed by atoms with Gasteiger partial charge in [0.1, 0.15) is 0 Å². The highest BCUT2D eigenvalue weighted by atomic mass is 14.5. The van der Waals surface area contributed by atoms with Crippen molar-refractivity contribution in [3.8, 4) is 0 Å². The van der Waals surface area contributed by atoms with Gasteiger partial charge in [-0.15, -0.1) is 0 Å². The molecule has 0 aromatic carbocycles. The topological polar surface area (TPSA) is 26.0 Å². The minimum atomic E-state index is 0.500. The molecule has 29 valence electrons. The van der Waals surface area contributed by atoms with Gasteiger partial charge in [0.05, 0.1) is 0 Å². The number of nitrogens with two attached hydrogens (primary N) is 1. The van der Waals surface area contributed by atoms with Crippen molar-refractivity contribution in [2.75, 3.05) is 6.54 Å². The van der Waals surface area contributed by atoms with Gasteiger partial charge in [0.2, 0.25) is 0 Å². The summed E-state index contributed by atoms with van der Waals surface area (Å²) < 4.78 is 0. The normalized spacial score (nSPS) is 7.60. The van der Waals surface area contributed by atoms with Crippen molar-refractivity contribution in [1.82, 2.24) is 0 Å². The monoisotopic (exact) mass is 70.1 g/mol. The van der Waals surface area contributed by atoms with E-state index in [-0.39, 0.29) is 0 Å². The molecule has 0 bridgehead atoms. The van der Waals surface area contributed by atoms with E-state index in [0.717, 1.165) is 5.57 Å². The second-order valence-electron chi connectivity index (χ2n) is 1.05. The van der Waals surface area contributed by atoms with E-state index in [1.54, 1.807) is 6.92 Å². The summed E-state index contributed by atoms with van der Waals surface area (Å²) in [6, 6.07) is 0. The molecule has 0 unspecified atom stereocenters. The molecule has 0 fully saturated rings. The summed E-state index contributed by atoms with van der Waals surface area (Å²) in [6.07, 6.45) is 0. The van der Waals surface area contributed by atoms with Crippen LogP contribution in [-0.2, 0) is 0 Å². The van der Waals surface area contributed by atoms with Crippen molar-refractivity contribution in [2.45, 2.75) is 6.92 Å². The maximum atomic E-state index is 5.08. The van der Waals surface area contributed by atoms with Crippen molar-refractivity contribution in [1.29, 1.82) is 0 Å². The first-order valence-corrected chi connectivity index (χ1v) is 1.55. The van der Waals surface area contributed by atoms with Crippen molar-refractivity contribution >= 4 is 0 Å². The van der Waals surface area contributed by atoms with E-state index in [1.165, 1.54) is 0 Å². The maximum Gasteiger partial charge on any atom is 0.0137 e. The highest BCUT2D eigenvalue weighted by Crippen LogP contribution is 1.73. The number of rotatable bonds is 1. The molecule has 0 aliphatic heterocycles. The zero-order chi connectivity index (χ0) is 4.28. The standard InChI is InChI=1S/C4H8N/c1-4(2)3-5/h1H,3,5H2,2H3. The fourth-order valence-electron chi connectivity index (χ4n) is 0. The van der Waals surface area contributed by atoms with Gasteiger partial charge in [0, 0.05) is 6.54 Å². The zero-order valence-corrected chi connectivity index (χ0v) is 3.36. The van der Waals surface area contributed by atoms with Crippen LogP contribution in [-0.4, -0.2) is 6.54 Å². The molecular weight excluding hydrogens is 62.1 g/mol. The molecule has 0 rings (SSSR count). The Morgan fingerprint density at radius 1 is 2.00 bits per heavy atom. The van der Waals surface area contributed by atoms with Gasteiger partial charge in [0.25, 0.3) is 0 Å². The molecule has 0 heterocycles. The highest BCUT2D eigenvalue weighted by Gasteiger charge is 1.68. The molecule has 1 radical (unpaired) electrons. The molecule has 0 spiro atoms. The van der Waals surface area contributed by atoms with E-state index in [4.69, 9.17) is 12.3 Å². The largest absolute Gasteiger partial charge is 0.327 e. The summed E-state index contributed by atoms with van der Waals surface area (Å²) in [5, 5.41) is 0. The van der Waals surface area contributed by atoms with Gasteiger partial charge in [-0.05, 0) is 6.92 Å². The average Bonchev–Trinajstić information content (AvgIpc) is 1.38. The Hall–Kier alpha value is -0.300. The van der Waals surface area contributed by atoms with Gasteiger partial charge >= 0.3 is 0 Å². The van der Waals surface area contributed by atoms with Crippen LogP contribution in [0.15, 0.2) is 5.57 Å². The molecule has 0 aromatic heterocycles. The van der Waals surface area contributed by atoms with Gasteiger partial charge in [-0.3, -0.25) is 0 Å². The molecule has 0 aliphatic rings. The van der Waals surface area contributed by atoms with Crippen molar-refractivity contribution in [3.05, 3.63) is 12.2 Å². The van der Waals surface area contributed by atoms with Crippen LogP contribution in [0.25, 0.3) is 0 Å². The van der Waals surface area contributed by atoms with E-state index in [0.29, 0.717) is 6.54 Å². The average molecular weight is 70.1 g/mol. The smallest absolute Gasteiger partial charge is 0.0137 e. The Balaban J connectivity index is 2.85. The Kier molecular flexibility index (Phi) is 1.85. The molecule has 0 aliphatic carbocycles. The van der Waals surface area contributed by atoms with E-state index in [9.17, 15) is 0 Å². The van der Waals surface area contributed by atoms with Crippen molar-refractivity contribution < 1.29 is 0 Å². The molecule has 0 atom stereocenters. The molecule has 2 N–H and O–H groups in total. The Morgan fingerprint density at radius 2 is 2.20 bits per heavy atom. The zero-order valence-electron chi connectivity index (χ0n) is 3.36. The fraction of sp³-hybridized carbons (Fsp3) is 0.500. The van der Waals surface area contributed by atoms with Crippen LogP contribution in [0.2, 0.25) is 0 Å². The van der Waals surface area contributed by atoms with E-state index in [2.05, 4.69) is 0 Å². The lowest BCUT2D eigenvalue weighted by molar-refractivity contribution is 1.14. The SMILES string of the molecule is [CH]=C(C)CN. The van der Waals surface area contributed by atoms with Crippen LogP contribution in [0.4, 0.5) is 0 Å². The molecule has 1 nitrogen and oxygen atoms in total. The predicted molar refractivity (Wildman–Crippen MR) is 22.5 cm³/mol. The van der Waals surface area contributed by atoms with Crippen LogP contribution < -0.4 is 5.73 Å². The van der Waals surface area contributed by atoms with Gasteiger partial charge in [-0.1, -0.05) is 12.2 Å². The first-order valence-electron chi connectivity index (χ1n) is 1.55. The van der Waals surface area contributed by atoms with Gasteiger partial charge in [-0.25, -0.2) is 0 Å². The summed E-state index contributed by atoms with van der Waals surface area (Å²) >= 11 is 0. The number of hydrogen-bond acceptors (Lipinski definition) is 1. The van der Waals surface area contributed by atoms with Crippen LogP contribution in [0.3, 0.4) is 0 Å². The van der Waals surface area contributed by atoms with Gasteiger partial charge < -0.3 is 5.73 Å². The van der Waals surface area contributed by atoms with E-state index in [1.807, 2.05) is 0 Å². The lowest BCUT2D eigenvalue weighted by Gasteiger charge is -1.80. The Labute approximate surface area is 32.5 Å². The van der Waals surface area contributed by atoms with Gasteiger partial charge in [-0.2, -0.15) is 0 Å². The minimum absolute atomic E-state index is 0.500. The molecule has 1 heteroatoms. The summed E-state index contributed by atoms with van der Waals surface area (Å²) in [4.78, 5) is 0. The van der Waals surface area contributed by atoms with Crippen LogP contribution in [0.5, 0.6) is 0 Å². The quantitative estimate of drug-likeness (QED) is 0.472. The Bertz CT molecular complexity index is 38.9. The predicted octanol–water partition coefficient (Wildman–Crippen LogP) is 0.324. The minimum Gasteiger partial charge on any atom is -0.327 e. The summed E-state index contributed by atoms with van der Waals surface area (Å²) in [6.45, 7) is 7.38. The summed E-state index contributed by atoms with van der Waals surface area (Å²) in [5.74, 6) is 0. The molecular formula is C4H8N. The molecule has 0 saturated heterocycles. The summed E-state index contributed by atoms with van der Waals surface area (Å²) in [7, 11) is 0. The third-order valence-electron chi connectivity index (χ3n) is 0.322. The highest BCUT2D eigenvalue weighted by molar-refractivity contribution is 4.84. The number of hydrogen-bond donors (Lipinski definition) is 1. The van der Waals surface area contributed by atoms with E-state index < -0.39 is 0 Å². The second kappa shape index (κ2) is 1.97. The van der Waals surface area contributed by atoms with Crippen LogP contribution >= 0.6 is 0 Å². The lowest BCUT2D eigenvalue weighted by atomic mass is 10.4. The fourth-order valence-corrected chi connectivity index (χ4v) is 0. The van der Waals surface area contributed by atoms with E-state index >= 15 is 0 Å². The Morgan fingerprint density at radius 3 is 2.20 bits per heavy atom. The second-order valence-corrected chi connectivity index (χ2v) is 1.05. The third kappa shape index (κ3) is 3.70. The maximum absolute atomic E-state index is 5.08. The van der Waals surface area contributed by atoms with Gasteiger partial charge in [0.15, 0.2) is 0 Å². The molecule has 0 saturated carbocycles. The van der Waals surface area contributed by atoms with Crippen LogP contribution in [0.1, 0.15) is 6.92 Å². The first-order chi connectivity index (χ1) is 2.27. The molecule has 5 heavy (non-hydrogen) atoms. The third-order valence-corrected chi connectivity index (χ3v) is 0.322. The molecule has 0 aromatic rings. The van der Waals surface area contributed by atoms with Crippen molar-refractivity contribution in [2.24, 2.45) is 5.73 Å². The van der Waals surface area contributed by atoms with Crippen molar-refractivity contribution in [3.63, 3.8) is 0 Å². The molecule has 0 amide bonds. The first kappa shape index (κ1) is 4.70. The lowest BCUT2D eigenvalue weighted by Crippen LogP contribution is -1.97. The summed E-state index contributed by atoms with van der Waals surface area (Å²) in [5.41, 5.74) is 5.79. The van der Waals surface area contributed by atoms with Crippen LogP contribution in [0, 0.1) is 6.58 Å².